The van der Waals surface area contributed by atoms with E-state index in [0.717, 1.165) is 0 Å². The first-order chi connectivity index (χ1) is 14.1. The first kappa shape index (κ1) is 21.8. The highest BCUT2D eigenvalue weighted by Gasteiger charge is 2.38. The summed E-state index contributed by atoms with van der Waals surface area (Å²) in [4.78, 5) is 26.5. The van der Waals surface area contributed by atoms with Crippen molar-refractivity contribution in [2.24, 2.45) is 0 Å². The van der Waals surface area contributed by atoms with Crippen LogP contribution in [0.1, 0.15) is 13.8 Å². The zero-order valence-corrected chi connectivity index (χ0v) is 18.1. The Morgan fingerprint density at radius 1 is 1.17 bits per heavy atom. The number of amides is 2. The van der Waals surface area contributed by atoms with Gasteiger partial charge in [0.25, 0.3) is 10.0 Å². The molecule has 2 aromatic carbocycles. The molecule has 8 nitrogen and oxygen atoms in total. The molecule has 0 aromatic heterocycles. The van der Waals surface area contributed by atoms with Crippen LogP contribution in [0.5, 0.6) is 0 Å². The van der Waals surface area contributed by atoms with Gasteiger partial charge in [-0.3, -0.25) is 18.8 Å². The Bertz CT molecular complexity index is 1040. The molecule has 2 N–H and O–H groups in total. The topological polar surface area (TPSA) is 98.8 Å². The second kappa shape index (κ2) is 8.45. The lowest BCUT2D eigenvalue weighted by Gasteiger charge is -2.40. The Hall–Kier alpha value is -2.91. The monoisotopic (exact) mass is 430 g/mol. The van der Waals surface area contributed by atoms with Crippen molar-refractivity contribution in [2.45, 2.75) is 24.3 Å². The summed E-state index contributed by atoms with van der Waals surface area (Å²) in [5.74, 6) is -0.442. The minimum absolute atomic E-state index is 0.0291. The largest absolute Gasteiger partial charge is 0.353 e. The number of para-hydroxylation sites is 1. The molecule has 0 bridgehead atoms. The Labute approximate surface area is 176 Å². The number of nitrogens with one attached hydrogen (secondary N) is 2. The Morgan fingerprint density at radius 3 is 2.57 bits per heavy atom. The third-order valence-electron chi connectivity index (χ3n) is 5.24. The van der Waals surface area contributed by atoms with E-state index in [-0.39, 0.29) is 23.3 Å². The van der Waals surface area contributed by atoms with Gasteiger partial charge in [-0.05, 0) is 44.2 Å². The number of hydrogen-bond donors (Lipinski definition) is 2. The van der Waals surface area contributed by atoms with Crippen molar-refractivity contribution >= 4 is 33.2 Å². The SMILES string of the molecule is CN(c1ccccc1)S(=O)(=O)c1cccc(NC(=O)CN2CCNC(=O)C2(C)C)c1. The van der Waals surface area contributed by atoms with E-state index in [1.54, 1.807) is 55.1 Å². The van der Waals surface area contributed by atoms with Crippen molar-refractivity contribution in [3.05, 3.63) is 54.6 Å². The second-order valence-electron chi connectivity index (χ2n) is 7.62. The number of rotatable bonds is 6. The van der Waals surface area contributed by atoms with Gasteiger partial charge in [0.15, 0.2) is 0 Å². The van der Waals surface area contributed by atoms with E-state index in [4.69, 9.17) is 0 Å². The van der Waals surface area contributed by atoms with Crippen molar-refractivity contribution in [3.8, 4) is 0 Å². The van der Waals surface area contributed by atoms with Crippen LogP contribution in [0.3, 0.4) is 0 Å². The van der Waals surface area contributed by atoms with Gasteiger partial charge in [-0.2, -0.15) is 0 Å². The molecule has 2 aromatic rings. The molecule has 0 unspecified atom stereocenters. The van der Waals surface area contributed by atoms with E-state index in [9.17, 15) is 18.0 Å². The molecule has 0 radical (unpaired) electrons. The molecule has 1 saturated heterocycles. The maximum Gasteiger partial charge on any atom is 0.264 e. The van der Waals surface area contributed by atoms with Gasteiger partial charge in [-0.15, -0.1) is 0 Å². The molecule has 0 atom stereocenters. The third-order valence-corrected chi connectivity index (χ3v) is 7.03. The van der Waals surface area contributed by atoms with Gasteiger partial charge >= 0.3 is 0 Å². The van der Waals surface area contributed by atoms with Crippen LogP contribution >= 0.6 is 0 Å². The zero-order chi connectivity index (χ0) is 21.9. The molecule has 3 rings (SSSR count). The molecule has 0 aliphatic carbocycles. The van der Waals surface area contributed by atoms with Gasteiger partial charge in [0.1, 0.15) is 0 Å². The van der Waals surface area contributed by atoms with E-state index in [0.29, 0.717) is 24.5 Å². The molecule has 160 valence electrons. The summed E-state index contributed by atoms with van der Waals surface area (Å²) in [6.07, 6.45) is 0. The minimum Gasteiger partial charge on any atom is -0.353 e. The van der Waals surface area contributed by atoms with E-state index in [1.165, 1.54) is 23.5 Å². The van der Waals surface area contributed by atoms with Crippen LogP contribution in [0, 0.1) is 0 Å². The number of carbonyl (C=O) groups excluding carboxylic acids is 2. The first-order valence-corrected chi connectivity index (χ1v) is 11.0. The summed E-state index contributed by atoms with van der Waals surface area (Å²) in [6.45, 7) is 4.60. The second-order valence-corrected chi connectivity index (χ2v) is 9.59. The van der Waals surface area contributed by atoms with Gasteiger partial charge in [0, 0.05) is 25.8 Å². The Balaban J connectivity index is 1.74. The highest BCUT2D eigenvalue weighted by Crippen LogP contribution is 2.24. The zero-order valence-electron chi connectivity index (χ0n) is 17.3. The molecular formula is C21H26N4O4S. The molecule has 1 fully saturated rings. The average Bonchev–Trinajstić information content (AvgIpc) is 2.72. The van der Waals surface area contributed by atoms with Crippen molar-refractivity contribution < 1.29 is 18.0 Å². The van der Waals surface area contributed by atoms with Crippen LogP contribution in [-0.2, 0) is 19.6 Å². The fourth-order valence-electron chi connectivity index (χ4n) is 3.26. The fraction of sp³-hybridized carbons (Fsp3) is 0.333. The van der Waals surface area contributed by atoms with Crippen molar-refractivity contribution in [1.29, 1.82) is 0 Å². The molecule has 1 aliphatic heterocycles. The number of nitrogens with zero attached hydrogens (tertiary/aromatic N) is 2. The van der Waals surface area contributed by atoms with E-state index < -0.39 is 15.6 Å². The molecule has 1 heterocycles. The highest BCUT2D eigenvalue weighted by molar-refractivity contribution is 7.92. The summed E-state index contributed by atoms with van der Waals surface area (Å²) in [7, 11) is -2.30. The number of carbonyl (C=O) groups is 2. The van der Waals surface area contributed by atoms with Crippen LogP contribution in [0.2, 0.25) is 0 Å². The standard InChI is InChI=1S/C21H26N4O4S/c1-21(2)20(27)22-12-13-25(21)15-19(26)23-16-8-7-11-18(14-16)30(28,29)24(3)17-9-5-4-6-10-17/h4-11,14H,12-13,15H2,1-3H3,(H,22,27)(H,23,26). The minimum atomic E-state index is -3.78. The van der Waals surface area contributed by atoms with Crippen LogP contribution in [0.4, 0.5) is 11.4 Å². The summed E-state index contributed by atoms with van der Waals surface area (Å²) in [6, 6.07) is 14.9. The van der Waals surface area contributed by atoms with Gasteiger partial charge < -0.3 is 10.6 Å². The lowest BCUT2D eigenvalue weighted by atomic mass is 9.99. The van der Waals surface area contributed by atoms with Crippen molar-refractivity contribution in [3.63, 3.8) is 0 Å². The van der Waals surface area contributed by atoms with Crippen molar-refractivity contribution in [2.75, 3.05) is 36.3 Å². The molecule has 0 spiro atoms. The summed E-state index contributed by atoms with van der Waals surface area (Å²) in [5, 5.41) is 5.53. The lowest BCUT2D eigenvalue weighted by Crippen LogP contribution is -2.62. The molecule has 2 amide bonds. The van der Waals surface area contributed by atoms with Crippen LogP contribution in [0.25, 0.3) is 0 Å². The van der Waals surface area contributed by atoms with Crippen LogP contribution < -0.4 is 14.9 Å². The number of hydrogen-bond acceptors (Lipinski definition) is 5. The number of sulfonamides is 1. The maximum atomic E-state index is 13.0. The third kappa shape index (κ3) is 4.47. The van der Waals surface area contributed by atoms with Gasteiger partial charge in [-0.25, -0.2) is 8.42 Å². The molecule has 0 saturated carbocycles. The lowest BCUT2D eigenvalue weighted by molar-refractivity contribution is -0.136. The van der Waals surface area contributed by atoms with Gasteiger partial charge in [0.2, 0.25) is 11.8 Å². The predicted octanol–water partition coefficient (Wildman–Crippen LogP) is 1.66. The Kier molecular flexibility index (Phi) is 6.14. The van der Waals surface area contributed by atoms with Crippen LogP contribution in [0.15, 0.2) is 59.5 Å². The van der Waals surface area contributed by atoms with Crippen LogP contribution in [-0.4, -0.2) is 57.4 Å². The van der Waals surface area contributed by atoms with E-state index in [2.05, 4.69) is 10.6 Å². The fourth-order valence-corrected chi connectivity index (χ4v) is 4.51. The first-order valence-electron chi connectivity index (χ1n) is 9.59. The molecular weight excluding hydrogens is 404 g/mol. The van der Waals surface area contributed by atoms with E-state index >= 15 is 0 Å². The Morgan fingerprint density at radius 2 is 1.87 bits per heavy atom. The summed E-state index contributed by atoms with van der Waals surface area (Å²) >= 11 is 0. The normalized spacial score (nSPS) is 16.6. The summed E-state index contributed by atoms with van der Waals surface area (Å²) < 4.78 is 27.1. The number of anilines is 2. The number of benzene rings is 2. The molecule has 9 heteroatoms. The smallest absolute Gasteiger partial charge is 0.264 e. The van der Waals surface area contributed by atoms with Crippen molar-refractivity contribution in [1.82, 2.24) is 10.2 Å². The average molecular weight is 431 g/mol. The van der Waals surface area contributed by atoms with E-state index in [1.807, 2.05) is 6.07 Å². The van der Waals surface area contributed by atoms with Gasteiger partial charge in [0.05, 0.1) is 22.7 Å². The number of piperazine rings is 1. The maximum absolute atomic E-state index is 13.0. The predicted molar refractivity (Wildman–Crippen MR) is 116 cm³/mol. The molecule has 1 aliphatic rings. The van der Waals surface area contributed by atoms with Gasteiger partial charge in [-0.1, -0.05) is 24.3 Å². The quantitative estimate of drug-likeness (QED) is 0.726. The molecule has 30 heavy (non-hydrogen) atoms. The highest BCUT2D eigenvalue weighted by atomic mass is 32.2. The summed E-state index contributed by atoms with van der Waals surface area (Å²) in [5.41, 5.74) is 0.124.